The summed E-state index contributed by atoms with van der Waals surface area (Å²) in [5, 5.41) is 20.2. The molecule has 0 radical (unpaired) electrons. The number of nitrogens with zero attached hydrogens (tertiary/aromatic N) is 1. The van der Waals surface area contributed by atoms with Crippen LogP contribution in [0.15, 0.2) is 18.2 Å². The Morgan fingerprint density at radius 2 is 2.25 bits per heavy atom. The molecule has 2 atom stereocenters. The number of benzene rings is 1. The van der Waals surface area contributed by atoms with Crippen LogP contribution in [0.5, 0.6) is 5.75 Å². The van der Waals surface area contributed by atoms with Crippen LogP contribution < -0.4 is 4.74 Å². The van der Waals surface area contributed by atoms with Crippen molar-refractivity contribution in [2.75, 3.05) is 13.7 Å². The number of halogens is 1. The maximum Gasteiger partial charge on any atom is 0.407 e. The first-order chi connectivity index (χ1) is 9.54. The fraction of sp³-hybridized carbons (Fsp3) is 0.500. The number of hydrogen-bond donors (Lipinski definition) is 2. The SMILES string of the molecule is COc1cc(C(O)C2CCCCN2C(=O)O)ccc1Cl. The second-order valence-corrected chi connectivity index (χ2v) is 5.29. The fourth-order valence-electron chi connectivity index (χ4n) is 2.61. The Morgan fingerprint density at radius 1 is 1.50 bits per heavy atom. The molecule has 2 rings (SSSR count). The number of amides is 1. The standard InChI is InChI=1S/C14H18ClNO4/c1-20-12-8-9(5-6-10(12)15)13(17)11-4-2-3-7-16(11)14(18)19/h5-6,8,11,13,17H,2-4,7H2,1H3,(H,18,19). The van der Waals surface area contributed by atoms with Gasteiger partial charge in [-0.1, -0.05) is 17.7 Å². The summed E-state index contributed by atoms with van der Waals surface area (Å²) in [6.07, 6.45) is 0.529. The van der Waals surface area contributed by atoms with Gasteiger partial charge in [0.25, 0.3) is 0 Å². The van der Waals surface area contributed by atoms with Crippen molar-refractivity contribution in [1.29, 1.82) is 0 Å². The van der Waals surface area contributed by atoms with Crippen molar-refractivity contribution >= 4 is 17.7 Å². The van der Waals surface area contributed by atoms with E-state index in [2.05, 4.69) is 0 Å². The third kappa shape index (κ3) is 2.99. The number of aliphatic hydroxyl groups excluding tert-OH is 1. The molecule has 20 heavy (non-hydrogen) atoms. The first kappa shape index (κ1) is 14.9. The second-order valence-electron chi connectivity index (χ2n) is 4.88. The molecule has 0 aromatic heterocycles. The van der Waals surface area contributed by atoms with E-state index in [9.17, 15) is 15.0 Å². The molecule has 110 valence electrons. The Bertz CT molecular complexity index is 494. The second kappa shape index (κ2) is 6.33. The molecule has 5 nitrogen and oxygen atoms in total. The number of ether oxygens (including phenoxy) is 1. The summed E-state index contributed by atoms with van der Waals surface area (Å²) in [6.45, 7) is 0.460. The molecule has 2 unspecified atom stereocenters. The predicted octanol–water partition coefficient (Wildman–Crippen LogP) is 2.91. The van der Waals surface area contributed by atoms with Gasteiger partial charge in [0.1, 0.15) is 5.75 Å². The topological polar surface area (TPSA) is 70.0 Å². The molecule has 0 bridgehead atoms. The van der Waals surface area contributed by atoms with Crippen molar-refractivity contribution in [2.24, 2.45) is 0 Å². The largest absolute Gasteiger partial charge is 0.495 e. The normalized spacial score (nSPS) is 20.6. The van der Waals surface area contributed by atoms with Crippen LogP contribution in [0.2, 0.25) is 5.02 Å². The lowest BCUT2D eigenvalue weighted by Crippen LogP contribution is -2.46. The number of rotatable bonds is 3. The minimum Gasteiger partial charge on any atom is -0.495 e. The third-order valence-corrected chi connectivity index (χ3v) is 3.99. The molecular formula is C14H18ClNO4. The van der Waals surface area contributed by atoms with Crippen LogP contribution in [0.1, 0.15) is 30.9 Å². The summed E-state index contributed by atoms with van der Waals surface area (Å²) in [7, 11) is 1.50. The molecule has 1 heterocycles. The van der Waals surface area contributed by atoms with E-state index < -0.39 is 18.2 Å². The minimum absolute atomic E-state index is 0.424. The highest BCUT2D eigenvalue weighted by Gasteiger charge is 2.33. The van der Waals surface area contributed by atoms with Gasteiger partial charge in [-0.25, -0.2) is 4.79 Å². The van der Waals surface area contributed by atoms with Crippen molar-refractivity contribution in [3.8, 4) is 5.75 Å². The molecule has 0 spiro atoms. The molecule has 0 aliphatic carbocycles. The Labute approximate surface area is 122 Å². The predicted molar refractivity (Wildman–Crippen MR) is 75.3 cm³/mol. The van der Waals surface area contributed by atoms with Crippen molar-refractivity contribution in [3.05, 3.63) is 28.8 Å². The molecule has 2 N–H and O–H groups in total. The summed E-state index contributed by atoms with van der Waals surface area (Å²) in [4.78, 5) is 12.6. The van der Waals surface area contributed by atoms with Gasteiger partial charge in [-0.15, -0.1) is 0 Å². The molecule has 1 aromatic rings. The van der Waals surface area contributed by atoms with Gasteiger partial charge in [0.2, 0.25) is 0 Å². The average Bonchev–Trinajstić information content (AvgIpc) is 2.47. The zero-order valence-electron chi connectivity index (χ0n) is 11.3. The summed E-state index contributed by atoms with van der Waals surface area (Å²) >= 11 is 5.95. The van der Waals surface area contributed by atoms with E-state index in [0.29, 0.717) is 29.3 Å². The van der Waals surface area contributed by atoms with Gasteiger partial charge in [-0.05, 0) is 37.0 Å². The fourth-order valence-corrected chi connectivity index (χ4v) is 2.80. The van der Waals surface area contributed by atoms with Crippen molar-refractivity contribution in [2.45, 2.75) is 31.4 Å². The van der Waals surface area contributed by atoms with E-state index in [1.165, 1.54) is 12.0 Å². The first-order valence-corrected chi connectivity index (χ1v) is 6.93. The van der Waals surface area contributed by atoms with Gasteiger partial charge in [0, 0.05) is 6.54 Å². The lowest BCUT2D eigenvalue weighted by molar-refractivity contribution is 0.0285. The van der Waals surface area contributed by atoms with Gasteiger partial charge in [-0.3, -0.25) is 0 Å². The minimum atomic E-state index is -0.991. The third-order valence-electron chi connectivity index (χ3n) is 3.68. The summed E-state index contributed by atoms with van der Waals surface area (Å²) in [5.74, 6) is 0.473. The zero-order chi connectivity index (χ0) is 14.7. The van der Waals surface area contributed by atoms with Crippen LogP contribution in [-0.2, 0) is 0 Å². The van der Waals surface area contributed by atoms with E-state index in [1.807, 2.05) is 0 Å². The molecule has 1 aliphatic rings. The average molecular weight is 300 g/mol. The van der Waals surface area contributed by atoms with Gasteiger partial charge < -0.3 is 19.8 Å². The number of methoxy groups -OCH3 is 1. The summed E-state index contributed by atoms with van der Waals surface area (Å²) < 4.78 is 5.12. The maximum atomic E-state index is 11.2. The lowest BCUT2D eigenvalue weighted by Gasteiger charge is -2.36. The first-order valence-electron chi connectivity index (χ1n) is 6.55. The highest BCUT2D eigenvalue weighted by Crippen LogP contribution is 2.33. The van der Waals surface area contributed by atoms with Crippen molar-refractivity contribution < 1.29 is 19.7 Å². The molecule has 1 saturated heterocycles. The Kier molecular flexibility index (Phi) is 4.73. The Morgan fingerprint density at radius 3 is 2.90 bits per heavy atom. The smallest absolute Gasteiger partial charge is 0.407 e. The van der Waals surface area contributed by atoms with Crippen LogP contribution in [0, 0.1) is 0 Å². The van der Waals surface area contributed by atoms with Crippen LogP contribution in [0.4, 0.5) is 4.79 Å². The Balaban J connectivity index is 2.24. The quantitative estimate of drug-likeness (QED) is 0.900. The lowest BCUT2D eigenvalue weighted by atomic mass is 9.93. The number of aliphatic hydroxyl groups is 1. The highest BCUT2D eigenvalue weighted by molar-refractivity contribution is 6.32. The van der Waals surface area contributed by atoms with E-state index in [0.717, 1.165) is 12.8 Å². The number of piperidine rings is 1. The highest BCUT2D eigenvalue weighted by atomic mass is 35.5. The monoisotopic (exact) mass is 299 g/mol. The summed E-state index contributed by atoms with van der Waals surface area (Å²) in [5.41, 5.74) is 0.615. The number of carboxylic acid groups (broad SMARTS) is 1. The zero-order valence-corrected chi connectivity index (χ0v) is 12.0. The molecule has 1 amide bonds. The molecule has 1 aliphatic heterocycles. The van der Waals surface area contributed by atoms with Crippen LogP contribution >= 0.6 is 11.6 Å². The van der Waals surface area contributed by atoms with Crippen LogP contribution in [0.25, 0.3) is 0 Å². The number of carbonyl (C=O) groups is 1. The van der Waals surface area contributed by atoms with Gasteiger partial charge in [0.15, 0.2) is 0 Å². The van der Waals surface area contributed by atoms with Crippen molar-refractivity contribution in [3.63, 3.8) is 0 Å². The van der Waals surface area contributed by atoms with E-state index in [-0.39, 0.29) is 0 Å². The van der Waals surface area contributed by atoms with Crippen LogP contribution in [0.3, 0.4) is 0 Å². The van der Waals surface area contributed by atoms with Gasteiger partial charge in [0.05, 0.1) is 24.3 Å². The molecule has 1 fully saturated rings. The maximum absolute atomic E-state index is 11.2. The van der Waals surface area contributed by atoms with Gasteiger partial charge in [-0.2, -0.15) is 0 Å². The van der Waals surface area contributed by atoms with Gasteiger partial charge >= 0.3 is 6.09 Å². The van der Waals surface area contributed by atoms with E-state index in [4.69, 9.17) is 16.3 Å². The molecule has 1 aromatic carbocycles. The molecular weight excluding hydrogens is 282 g/mol. The van der Waals surface area contributed by atoms with E-state index >= 15 is 0 Å². The number of hydrogen-bond acceptors (Lipinski definition) is 3. The summed E-state index contributed by atoms with van der Waals surface area (Å²) in [6, 6.07) is 4.57. The molecule has 0 saturated carbocycles. The number of likely N-dealkylation sites (tertiary alicyclic amines) is 1. The van der Waals surface area contributed by atoms with Crippen LogP contribution in [-0.4, -0.2) is 40.9 Å². The Hall–Kier alpha value is -1.46. The molecule has 6 heteroatoms. The van der Waals surface area contributed by atoms with Crippen molar-refractivity contribution in [1.82, 2.24) is 4.90 Å². The van der Waals surface area contributed by atoms with E-state index in [1.54, 1.807) is 18.2 Å².